The van der Waals surface area contributed by atoms with Crippen LogP contribution in [0.4, 0.5) is 0 Å². The second-order valence-corrected chi connectivity index (χ2v) is 6.15. The monoisotopic (exact) mass is 248 g/mol. The Hall–Kier alpha value is -0.980. The highest BCUT2D eigenvalue weighted by molar-refractivity contribution is 5.41. The molecule has 2 rings (SSSR count). The van der Waals surface area contributed by atoms with Crippen LogP contribution in [0.2, 0.25) is 0 Å². The molecule has 1 heteroatoms. The van der Waals surface area contributed by atoms with Crippen molar-refractivity contribution in [2.75, 3.05) is 6.61 Å². The van der Waals surface area contributed by atoms with Crippen molar-refractivity contribution >= 4 is 0 Å². The fourth-order valence-corrected chi connectivity index (χ4v) is 2.34. The van der Waals surface area contributed by atoms with Gasteiger partial charge in [0.25, 0.3) is 0 Å². The van der Waals surface area contributed by atoms with Crippen LogP contribution in [-0.4, -0.2) is 6.61 Å². The Morgan fingerprint density at radius 3 is 2.50 bits per heavy atom. The lowest BCUT2D eigenvalue weighted by Crippen LogP contribution is -2.14. The molecule has 1 heterocycles. The number of hydrogen-bond donors (Lipinski definition) is 0. The van der Waals surface area contributed by atoms with E-state index in [1.807, 2.05) is 13.8 Å². The molecule has 0 amide bonds. The van der Waals surface area contributed by atoms with E-state index in [1.54, 1.807) is 0 Å². The molecule has 1 aromatic rings. The van der Waals surface area contributed by atoms with Gasteiger partial charge in [-0.3, -0.25) is 0 Å². The van der Waals surface area contributed by atoms with Gasteiger partial charge in [-0.15, -0.1) is 0 Å². The van der Waals surface area contributed by atoms with Gasteiger partial charge < -0.3 is 4.74 Å². The molecule has 0 saturated carbocycles. The Morgan fingerprint density at radius 1 is 1.22 bits per heavy atom. The lowest BCUT2D eigenvalue weighted by molar-refractivity contribution is 0.272. The molecule has 0 aliphatic carbocycles. The Balaban J connectivity index is 0.000000771. The van der Waals surface area contributed by atoms with E-state index in [2.05, 4.69) is 45.9 Å². The quantitative estimate of drug-likeness (QED) is 0.664. The minimum Gasteiger partial charge on any atom is -0.493 e. The number of fused-ring (bicyclic) bond motifs is 1. The van der Waals surface area contributed by atoms with Crippen LogP contribution in [0.1, 0.15) is 65.0 Å². The third-order valence-corrected chi connectivity index (χ3v) is 3.15. The van der Waals surface area contributed by atoms with E-state index in [9.17, 15) is 0 Å². The van der Waals surface area contributed by atoms with Crippen LogP contribution in [0.3, 0.4) is 0 Å². The second-order valence-electron chi connectivity index (χ2n) is 6.15. The molecule has 0 fully saturated rings. The molecule has 0 saturated heterocycles. The van der Waals surface area contributed by atoms with E-state index < -0.39 is 0 Å². The van der Waals surface area contributed by atoms with Gasteiger partial charge in [0, 0.05) is 0 Å². The fourth-order valence-electron chi connectivity index (χ4n) is 2.34. The molecule has 0 bridgehead atoms. The summed E-state index contributed by atoms with van der Waals surface area (Å²) in [6, 6.07) is 6.69. The minimum atomic E-state index is 0.354. The summed E-state index contributed by atoms with van der Waals surface area (Å²) in [4.78, 5) is 0. The van der Waals surface area contributed by atoms with Crippen molar-refractivity contribution in [3.05, 3.63) is 29.3 Å². The maximum absolute atomic E-state index is 5.68. The summed E-state index contributed by atoms with van der Waals surface area (Å²) in [5.41, 5.74) is 3.18. The topological polar surface area (TPSA) is 9.23 Å². The molecule has 1 unspecified atom stereocenters. The predicted molar refractivity (Wildman–Crippen MR) is 79.5 cm³/mol. The van der Waals surface area contributed by atoms with E-state index in [1.165, 1.54) is 11.1 Å². The second kappa shape index (κ2) is 6.26. The van der Waals surface area contributed by atoms with Crippen LogP contribution in [0.25, 0.3) is 0 Å². The molecule has 1 atom stereocenters. The van der Waals surface area contributed by atoms with E-state index in [-0.39, 0.29) is 0 Å². The highest BCUT2D eigenvalue weighted by Gasteiger charge is 2.19. The molecule has 1 aromatic carbocycles. The average Bonchev–Trinajstić information content (AvgIpc) is 2.31. The van der Waals surface area contributed by atoms with Gasteiger partial charge in [-0.05, 0) is 41.4 Å². The molecule has 1 aliphatic rings. The summed E-state index contributed by atoms with van der Waals surface area (Å²) in [7, 11) is 0. The van der Waals surface area contributed by atoms with Gasteiger partial charge in [-0.2, -0.15) is 0 Å². The lowest BCUT2D eigenvalue weighted by Gasteiger charge is -2.25. The summed E-state index contributed by atoms with van der Waals surface area (Å²) in [5, 5.41) is 0. The molecule has 0 radical (unpaired) electrons. The van der Waals surface area contributed by atoms with Crippen LogP contribution < -0.4 is 4.74 Å². The molecule has 0 aromatic heterocycles. The average molecular weight is 248 g/mol. The van der Waals surface area contributed by atoms with Crippen molar-refractivity contribution in [2.45, 2.75) is 60.3 Å². The molecule has 102 valence electrons. The Kier molecular flexibility index (Phi) is 5.25. The lowest BCUT2D eigenvalue weighted by atomic mass is 9.85. The van der Waals surface area contributed by atoms with Crippen LogP contribution in [-0.2, 0) is 6.42 Å². The van der Waals surface area contributed by atoms with Gasteiger partial charge >= 0.3 is 0 Å². The molecule has 0 spiro atoms. The van der Waals surface area contributed by atoms with Crippen LogP contribution in [0.15, 0.2) is 18.2 Å². The van der Waals surface area contributed by atoms with E-state index in [0.717, 1.165) is 25.2 Å². The predicted octanol–water partition coefficient (Wildman–Crippen LogP) is 5.19. The molecular formula is C17H28O. The first-order chi connectivity index (χ1) is 8.46. The number of benzene rings is 1. The van der Waals surface area contributed by atoms with E-state index >= 15 is 0 Å². The van der Waals surface area contributed by atoms with Crippen molar-refractivity contribution in [1.82, 2.24) is 0 Å². The number of rotatable bonds is 1. The zero-order chi connectivity index (χ0) is 13.8. The molecule has 1 aliphatic heterocycles. The molecular weight excluding hydrogens is 220 g/mol. The summed E-state index contributed by atoms with van der Waals surface area (Å²) in [6.07, 6.45) is 2.28. The highest BCUT2D eigenvalue weighted by atomic mass is 16.5. The standard InChI is InChI=1S/C15H22O.C2H6/c1-11-7-8-16-14-6-5-12(9-13(11)14)10-15(2,3)4;1-2/h5-6,9,11H,7-8,10H2,1-4H3;1-2H3. The van der Waals surface area contributed by atoms with Crippen molar-refractivity contribution in [3.63, 3.8) is 0 Å². The summed E-state index contributed by atoms with van der Waals surface area (Å²) >= 11 is 0. The minimum absolute atomic E-state index is 0.354. The SMILES string of the molecule is CC.CC1CCOc2ccc(CC(C)(C)C)cc21. The van der Waals surface area contributed by atoms with Crippen LogP contribution in [0, 0.1) is 5.41 Å². The third-order valence-electron chi connectivity index (χ3n) is 3.15. The van der Waals surface area contributed by atoms with Gasteiger partial charge in [0.05, 0.1) is 6.61 Å². The van der Waals surface area contributed by atoms with Gasteiger partial charge in [-0.25, -0.2) is 0 Å². The summed E-state index contributed by atoms with van der Waals surface area (Å²) in [5.74, 6) is 1.74. The normalized spacial score (nSPS) is 18.2. The van der Waals surface area contributed by atoms with Gasteiger partial charge in [0.1, 0.15) is 5.75 Å². The number of ether oxygens (including phenoxy) is 1. The van der Waals surface area contributed by atoms with Crippen molar-refractivity contribution in [3.8, 4) is 5.75 Å². The first-order valence-electron chi connectivity index (χ1n) is 7.21. The van der Waals surface area contributed by atoms with Crippen molar-refractivity contribution in [1.29, 1.82) is 0 Å². The Morgan fingerprint density at radius 2 is 1.89 bits per heavy atom. The fraction of sp³-hybridized carbons (Fsp3) is 0.647. The highest BCUT2D eigenvalue weighted by Crippen LogP contribution is 2.35. The van der Waals surface area contributed by atoms with E-state index in [0.29, 0.717) is 11.3 Å². The summed E-state index contributed by atoms with van der Waals surface area (Å²) in [6.45, 7) is 14.0. The van der Waals surface area contributed by atoms with Gasteiger partial charge in [0.15, 0.2) is 0 Å². The first-order valence-corrected chi connectivity index (χ1v) is 7.21. The Bertz CT molecular complexity index is 374. The molecule has 1 nitrogen and oxygen atoms in total. The zero-order valence-electron chi connectivity index (χ0n) is 12.8. The van der Waals surface area contributed by atoms with Crippen molar-refractivity contribution in [2.24, 2.45) is 5.41 Å². The zero-order valence-corrected chi connectivity index (χ0v) is 12.8. The van der Waals surface area contributed by atoms with E-state index in [4.69, 9.17) is 4.74 Å². The maximum atomic E-state index is 5.68. The largest absolute Gasteiger partial charge is 0.493 e. The maximum Gasteiger partial charge on any atom is 0.122 e. The first kappa shape index (κ1) is 15.1. The van der Waals surface area contributed by atoms with Gasteiger partial charge in [0.2, 0.25) is 0 Å². The van der Waals surface area contributed by atoms with Gasteiger partial charge in [-0.1, -0.05) is 53.7 Å². The Labute approximate surface area is 113 Å². The molecule has 0 N–H and O–H groups in total. The summed E-state index contributed by atoms with van der Waals surface area (Å²) < 4.78 is 5.68. The van der Waals surface area contributed by atoms with Crippen LogP contribution in [0.5, 0.6) is 5.75 Å². The van der Waals surface area contributed by atoms with Crippen LogP contribution >= 0.6 is 0 Å². The third kappa shape index (κ3) is 4.04. The number of hydrogen-bond acceptors (Lipinski definition) is 1. The smallest absolute Gasteiger partial charge is 0.122 e. The van der Waals surface area contributed by atoms with Crippen molar-refractivity contribution < 1.29 is 4.74 Å². The molecule has 18 heavy (non-hydrogen) atoms.